The number of piperidine rings is 1. The first kappa shape index (κ1) is 29.5. The van der Waals surface area contributed by atoms with Crippen LogP contribution in [0.3, 0.4) is 0 Å². The number of fused-ring (bicyclic) bond motifs is 2. The highest BCUT2D eigenvalue weighted by atomic mass is 35.5. The lowest BCUT2D eigenvalue weighted by Gasteiger charge is -2.37. The number of nitrogens with one attached hydrogen (secondary N) is 3. The highest BCUT2D eigenvalue weighted by molar-refractivity contribution is 6.35. The molecule has 0 aliphatic carbocycles. The molecule has 3 aliphatic rings. The molecule has 5 heterocycles. The van der Waals surface area contributed by atoms with E-state index in [0.29, 0.717) is 82.6 Å². The minimum atomic E-state index is -0.526. The predicted octanol–water partition coefficient (Wildman–Crippen LogP) is 5.08. The fourth-order valence-corrected chi connectivity index (χ4v) is 6.83. The third kappa shape index (κ3) is 5.96. The van der Waals surface area contributed by atoms with E-state index in [2.05, 4.69) is 25.6 Å². The molecule has 2 aromatic heterocycles. The second-order valence-corrected chi connectivity index (χ2v) is 12.7. The zero-order chi connectivity index (χ0) is 31.1. The molecule has 234 valence electrons. The molecule has 3 fully saturated rings. The second-order valence-electron chi connectivity index (χ2n) is 11.9. The standard InChI is InChI=1S/C31H32Cl2N8O4/c32-18-3-4-22-25(13-18)39-28(37-22)23(5-6-26(42)40-11-7-31(8-12-40)16-34-30(44)45-31)38-27-20-14-21(33)19(15-24(20)35-17-36-27)29(43)41-9-1-2-10-41/h3-4,13-15,17,23H,1-2,5-12,16H2,(H,34,44)(H,37,39)(H,35,36,38). The van der Waals surface area contributed by atoms with Crippen molar-refractivity contribution in [1.82, 2.24) is 35.1 Å². The summed E-state index contributed by atoms with van der Waals surface area (Å²) >= 11 is 12.9. The average molecular weight is 652 g/mol. The summed E-state index contributed by atoms with van der Waals surface area (Å²) in [5, 5.41) is 7.76. The number of H-pyrrole nitrogens is 1. The Balaban J connectivity index is 1.13. The van der Waals surface area contributed by atoms with E-state index in [9.17, 15) is 14.4 Å². The number of amides is 3. The van der Waals surface area contributed by atoms with Crippen LogP contribution in [0, 0.1) is 0 Å². The molecule has 3 saturated heterocycles. The van der Waals surface area contributed by atoms with Crippen molar-refractivity contribution in [2.24, 2.45) is 0 Å². The first-order valence-electron chi connectivity index (χ1n) is 15.2. The van der Waals surface area contributed by atoms with Crippen LogP contribution in [0.5, 0.6) is 0 Å². The molecule has 45 heavy (non-hydrogen) atoms. The number of rotatable bonds is 7. The summed E-state index contributed by atoms with van der Waals surface area (Å²) in [7, 11) is 0. The van der Waals surface area contributed by atoms with Crippen molar-refractivity contribution in [2.45, 2.75) is 50.2 Å². The van der Waals surface area contributed by atoms with Crippen LogP contribution in [0.25, 0.3) is 21.9 Å². The molecule has 0 saturated carbocycles. The van der Waals surface area contributed by atoms with Gasteiger partial charge in [-0.05, 0) is 49.6 Å². The lowest BCUT2D eigenvalue weighted by Crippen LogP contribution is -2.48. The van der Waals surface area contributed by atoms with Gasteiger partial charge < -0.3 is 30.2 Å². The van der Waals surface area contributed by atoms with Crippen LogP contribution in [0.4, 0.5) is 10.6 Å². The number of carbonyl (C=O) groups excluding carboxylic acids is 3. The maximum absolute atomic E-state index is 13.4. The molecule has 1 unspecified atom stereocenters. The van der Waals surface area contributed by atoms with Crippen molar-refractivity contribution in [3.63, 3.8) is 0 Å². The summed E-state index contributed by atoms with van der Waals surface area (Å²) < 4.78 is 5.50. The highest BCUT2D eigenvalue weighted by Gasteiger charge is 2.43. The number of benzene rings is 2. The summed E-state index contributed by atoms with van der Waals surface area (Å²) in [6.45, 7) is 2.94. The molecule has 0 bridgehead atoms. The zero-order valence-electron chi connectivity index (χ0n) is 24.4. The van der Waals surface area contributed by atoms with Gasteiger partial charge in [-0.15, -0.1) is 0 Å². The lowest BCUT2D eigenvalue weighted by molar-refractivity contribution is -0.134. The Kier molecular flexibility index (Phi) is 7.86. The number of halogens is 2. The van der Waals surface area contributed by atoms with E-state index < -0.39 is 17.7 Å². The molecule has 2 aromatic carbocycles. The van der Waals surface area contributed by atoms with Gasteiger partial charge in [-0.25, -0.2) is 19.7 Å². The topological polar surface area (TPSA) is 145 Å². The summed E-state index contributed by atoms with van der Waals surface area (Å²) in [5.41, 5.74) is 1.99. The number of hydrogen-bond acceptors (Lipinski definition) is 8. The molecule has 7 rings (SSSR count). The number of imidazole rings is 1. The van der Waals surface area contributed by atoms with Crippen LogP contribution in [0.1, 0.15) is 60.7 Å². The smallest absolute Gasteiger partial charge is 0.407 e. The third-order valence-electron chi connectivity index (χ3n) is 8.99. The number of alkyl carbamates (subject to hydrolysis) is 1. The Bertz CT molecular complexity index is 1800. The molecule has 1 spiro atoms. The fourth-order valence-electron chi connectivity index (χ4n) is 6.42. The van der Waals surface area contributed by atoms with E-state index in [0.717, 1.165) is 31.4 Å². The van der Waals surface area contributed by atoms with E-state index in [-0.39, 0.29) is 18.2 Å². The molecule has 3 N–H and O–H groups in total. The van der Waals surface area contributed by atoms with Crippen molar-refractivity contribution in [3.05, 3.63) is 58.1 Å². The summed E-state index contributed by atoms with van der Waals surface area (Å²) in [6.07, 6.45) is 4.86. The Morgan fingerprint density at radius 1 is 1.02 bits per heavy atom. The highest BCUT2D eigenvalue weighted by Crippen LogP contribution is 2.33. The van der Waals surface area contributed by atoms with Gasteiger partial charge >= 0.3 is 6.09 Å². The maximum atomic E-state index is 13.4. The number of aromatic nitrogens is 4. The zero-order valence-corrected chi connectivity index (χ0v) is 26.0. The number of carbonyl (C=O) groups is 3. The molecule has 3 aliphatic heterocycles. The van der Waals surface area contributed by atoms with Gasteiger partial charge in [0, 0.05) is 55.9 Å². The summed E-state index contributed by atoms with van der Waals surface area (Å²) in [4.78, 5) is 58.9. The van der Waals surface area contributed by atoms with Crippen LogP contribution in [0.15, 0.2) is 36.7 Å². The second kappa shape index (κ2) is 12.0. The van der Waals surface area contributed by atoms with Gasteiger partial charge in [0.1, 0.15) is 23.6 Å². The number of ether oxygens (including phenoxy) is 1. The Hall–Kier alpha value is -4.16. The number of aromatic amines is 1. The van der Waals surface area contributed by atoms with E-state index in [1.165, 1.54) is 6.33 Å². The molecule has 1 atom stereocenters. The summed E-state index contributed by atoms with van der Waals surface area (Å²) in [6, 6.07) is 8.44. The number of anilines is 1. The van der Waals surface area contributed by atoms with Crippen molar-refractivity contribution in [1.29, 1.82) is 0 Å². The van der Waals surface area contributed by atoms with Gasteiger partial charge in [0.2, 0.25) is 5.91 Å². The van der Waals surface area contributed by atoms with E-state index >= 15 is 0 Å². The largest absolute Gasteiger partial charge is 0.441 e. The monoisotopic (exact) mass is 650 g/mol. The van der Waals surface area contributed by atoms with Crippen molar-refractivity contribution >= 4 is 68.9 Å². The average Bonchev–Trinajstić information content (AvgIpc) is 3.80. The minimum Gasteiger partial charge on any atom is -0.441 e. The van der Waals surface area contributed by atoms with Gasteiger partial charge in [0.25, 0.3) is 5.91 Å². The first-order chi connectivity index (χ1) is 21.8. The van der Waals surface area contributed by atoms with E-state index in [1.54, 1.807) is 24.3 Å². The van der Waals surface area contributed by atoms with Crippen LogP contribution in [-0.2, 0) is 9.53 Å². The van der Waals surface area contributed by atoms with Crippen molar-refractivity contribution in [2.75, 3.05) is 38.0 Å². The molecule has 3 amide bonds. The normalized spacial score (nSPS) is 18.4. The molecule has 14 heteroatoms. The number of hydrogen-bond donors (Lipinski definition) is 3. The van der Waals surface area contributed by atoms with Gasteiger partial charge in [-0.2, -0.15) is 0 Å². The Morgan fingerprint density at radius 3 is 2.58 bits per heavy atom. The molecule has 4 aromatic rings. The van der Waals surface area contributed by atoms with Gasteiger partial charge in [0.05, 0.1) is 39.7 Å². The fraction of sp³-hybridized carbons (Fsp3) is 0.419. The SMILES string of the molecule is O=C1NCC2(CCN(C(=O)CCC(Nc3ncnc4cc(C(=O)N5CCCC5)c(Cl)cc34)c3nc4cc(Cl)ccc4[nH]3)CC2)O1. The van der Waals surface area contributed by atoms with Crippen LogP contribution >= 0.6 is 23.2 Å². The third-order valence-corrected chi connectivity index (χ3v) is 9.54. The molecular formula is C31H32Cl2N8O4. The predicted molar refractivity (Wildman–Crippen MR) is 169 cm³/mol. The van der Waals surface area contributed by atoms with Gasteiger partial charge in [-0.1, -0.05) is 23.2 Å². The van der Waals surface area contributed by atoms with Crippen LogP contribution in [0.2, 0.25) is 10.0 Å². The maximum Gasteiger partial charge on any atom is 0.407 e. The minimum absolute atomic E-state index is 0.00810. The van der Waals surface area contributed by atoms with Crippen molar-refractivity contribution in [3.8, 4) is 0 Å². The van der Waals surface area contributed by atoms with Crippen LogP contribution < -0.4 is 10.6 Å². The first-order valence-corrected chi connectivity index (χ1v) is 15.9. The molecule has 0 radical (unpaired) electrons. The number of nitrogens with zero attached hydrogens (tertiary/aromatic N) is 5. The molecular weight excluding hydrogens is 619 g/mol. The van der Waals surface area contributed by atoms with Crippen molar-refractivity contribution < 1.29 is 19.1 Å². The Labute approximate surface area is 268 Å². The molecule has 12 nitrogen and oxygen atoms in total. The van der Waals surface area contributed by atoms with Crippen LogP contribution in [-0.4, -0.2) is 86.0 Å². The van der Waals surface area contributed by atoms with Gasteiger partial charge in [0.15, 0.2) is 0 Å². The van der Waals surface area contributed by atoms with E-state index in [1.807, 2.05) is 15.9 Å². The Morgan fingerprint density at radius 2 is 1.82 bits per heavy atom. The number of likely N-dealkylation sites (tertiary alicyclic amines) is 2. The summed E-state index contributed by atoms with van der Waals surface area (Å²) in [5.74, 6) is 1.04. The van der Waals surface area contributed by atoms with E-state index in [4.69, 9.17) is 32.9 Å². The lowest BCUT2D eigenvalue weighted by atomic mass is 9.91. The quantitative estimate of drug-likeness (QED) is 0.251. The van der Waals surface area contributed by atoms with Gasteiger partial charge in [-0.3, -0.25) is 9.59 Å².